The zero-order valence-corrected chi connectivity index (χ0v) is 9.44. The summed E-state index contributed by atoms with van der Waals surface area (Å²) in [6.07, 6.45) is 1.16. The predicted octanol–water partition coefficient (Wildman–Crippen LogP) is 0.898. The van der Waals surface area contributed by atoms with E-state index in [9.17, 15) is 4.79 Å². The first-order valence-electron chi connectivity index (χ1n) is 5.69. The number of benzene rings is 1. The first-order valence-corrected chi connectivity index (χ1v) is 5.69. The molecule has 0 unspecified atom stereocenters. The van der Waals surface area contributed by atoms with E-state index in [1.54, 1.807) is 6.92 Å². The van der Waals surface area contributed by atoms with Crippen LogP contribution in [0.4, 0.5) is 0 Å². The van der Waals surface area contributed by atoms with Gasteiger partial charge in [0, 0.05) is 12.5 Å². The van der Waals surface area contributed by atoms with Gasteiger partial charge in [0.25, 0.3) is 0 Å². The maximum atomic E-state index is 11.8. The van der Waals surface area contributed by atoms with Crippen LogP contribution in [0, 0.1) is 5.92 Å². The highest BCUT2D eigenvalue weighted by molar-refractivity contribution is 5.80. The van der Waals surface area contributed by atoms with Gasteiger partial charge in [-0.25, -0.2) is 0 Å². The average Bonchev–Trinajstić information content (AvgIpc) is 2.69. The Labute approximate surface area is 95.5 Å². The molecule has 0 aliphatic heterocycles. The molecule has 1 aliphatic carbocycles. The first-order chi connectivity index (χ1) is 7.66. The maximum Gasteiger partial charge on any atom is 0.223 e. The van der Waals surface area contributed by atoms with Crippen molar-refractivity contribution in [1.82, 2.24) is 5.32 Å². The summed E-state index contributed by atoms with van der Waals surface area (Å²) in [6, 6.07) is 8.18. The van der Waals surface area contributed by atoms with Gasteiger partial charge in [-0.15, -0.1) is 0 Å². The lowest BCUT2D eigenvalue weighted by molar-refractivity contribution is -0.125. The van der Waals surface area contributed by atoms with E-state index in [1.807, 2.05) is 12.1 Å². The zero-order chi connectivity index (χ0) is 11.5. The van der Waals surface area contributed by atoms with Gasteiger partial charge < -0.3 is 10.4 Å². The van der Waals surface area contributed by atoms with Crippen molar-refractivity contribution in [2.24, 2.45) is 5.92 Å². The van der Waals surface area contributed by atoms with Crippen LogP contribution in [0.1, 0.15) is 18.1 Å². The molecule has 0 spiro atoms. The predicted molar refractivity (Wildman–Crippen MR) is 62.0 cm³/mol. The highest BCUT2D eigenvalue weighted by atomic mass is 16.3. The van der Waals surface area contributed by atoms with Crippen LogP contribution in [-0.4, -0.2) is 23.7 Å². The van der Waals surface area contributed by atoms with E-state index in [2.05, 4.69) is 17.4 Å². The molecule has 0 fully saturated rings. The van der Waals surface area contributed by atoms with Crippen molar-refractivity contribution in [2.75, 3.05) is 6.54 Å². The van der Waals surface area contributed by atoms with Gasteiger partial charge in [-0.2, -0.15) is 0 Å². The van der Waals surface area contributed by atoms with Crippen molar-refractivity contribution in [2.45, 2.75) is 25.9 Å². The van der Waals surface area contributed by atoms with Crippen molar-refractivity contribution in [1.29, 1.82) is 0 Å². The van der Waals surface area contributed by atoms with Gasteiger partial charge in [-0.05, 0) is 30.9 Å². The number of hydrogen-bond donors (Lipinski definition) is 2. The Morgan fingerprint density at radius 1 is 1.44 bits per heavy atom. The van der Waals surface area contributed by atoms with Gasteiger partial charge >= 0.3 is 0 Å². The minimum atomic E-state index is -0.479. The molecular weight excluding hydrogens is 202 g/mol. The topological polar surface area (TPSA) is 49.3 Å². The fraction of sp³-hybridized carbons (Fsp3) is 0.462. The van der Waals surface area contributed by atoms with Crippen molar-refractivity contribution < 1.29 is 9.90 Å². The monoisotopic (exact) mass is 219 g/mol. The lowest BCUT2D eigenvalue weighted by Gasteiger charge is -2.11. The molecule has 1 aromatic carbocycles. The Balaban J connectivity index is 1.93. The third-order valence-electron chi connectivity index (χ3n) is 2.99. The number of fused-ring (bicyclic) bond motifs is 1. The largest absolute Gasteiger partial charge is 0.392 e. The van der Waals surface area contributed by atoms with Crippen LogP contribution >= 0.6 is 0 Å². The number of carbonyl (C=O) groups excluding carboxylic acids is 1. The fourth-order valence-electron chi connectivity index (χ4n) is 2.14. The van der Waals surface area contributed by atoms with Crippen molar-refractivity contribution in [3.05, 3.63) is 35.4 Å². The van der Waals surface area contributed by atoms with E-state index in [1.165, 1.54) is 11.1 Å². The van der Waals surface area contributed by atoms with Crippen LogP contribution < -0.4 is 5.32 Å². The Morgan fingerprint density at radius 2 is 2.00 bits per heavy atom. The molecule has 0 bridgehead atoms. The van der Waals surface area contributed by atoms with Crippen LogP contribution in [0.25, 0.3) is 0 Å². The van der Waals surface area contributed by atoms with Crippen molar-refractivity contribution in [3.63, 3.8) is 0 Å². The van der Waals surface area contributed by atoms with Crippen molar-refractivity contribution >= 4 is 5.91 Å². The molecule has 1 amide bonds. The SMILES string of the molecule is C[C@H](O)CNC(=O)C1Cc2ccccc2C1. The molecule has 2 N–H and O–H groups in total. The number of aliphatic hydroxyl groups is 1. The molecule has 0 heterocycles. The molecule has 2 rings (SSSR count). The molecule has 86 valence electrons. The number of hydrogen-bond acceptors (Lipinski definition) is 2. The normalized spacial score (nSPS) is 16.9. The van der Waals surface area contributed by atoms with E-state index in [0.29, 0.717) is 6.54 Å². The maximum absolute atomic E-state index is 11.8. The molecule has 3 heteroatoms. The summed E-state index contributed by atoms with van der Waals surface area (Å²) in [5.41, 5.74) is 2.55. The average molecular weight is 219 g/mol. The van der Waals surface area contributed by atoms with E-state index >= 15 is 0 Å². The molecule has 3 nitrogen and oxygen atoms in total. The Bertz CT molecular complexity index is 362. The second-order valence-electron chi connectivity index (χ2n) is 4.47. The van der Waals surface area contributed by atoms with Gasteiger partial charge in [0.05, 0.1) is 6.10 Å². The minimum absolute atomic E-state index is 0.0381. The molecular formula is C13H17NO2. The summed E-state index contributed by atoms with van der Waals surface area (Å²) in [7, 11) is 0. The fourth-order valence-corrected chi connectivity index (χ4v) is 2.14. The van der Waals surface area contributed by atoms with E-state index < -0.39 is 6.10 Å². The first kappa shape index (κ1) is 11.1. The third-order valence-corrected chi connectivity index (χ3v) is 2.99. The third kappa shape index (κ3) is 2.42. The Morgan fingerprint density at radius 3 is 2.50 bits per heavy atom. The molecule has 0 saturated heterocycles. The number of carbonyl (C=O) groups is 1. The Kier molecular flexibility index (Phi) is 3.25. The lowest BCUT2D eigenvalue weighted by Crippen LogP contribution is -2.35. The van der Waals surface area contributed by atoms with Gasteiger partial charge in [0.15, 0.2) is 0 Å². The highest BCUT2D eigenvalue weighted by Crippen LogP contribution is 2.26. The standard InChI is InChI=1S/C13H17NO2/c1-9(15)8-14-13(16)12-6-10-4-2-3-5-11(10)7-12/h2-5,9,12,15H,6-8H2,1H3,(H,14,16)/t9-/m0/s1. The summed E-state index contributed by atoms with van der Waals surface area (Å²) in [4.78, 5) is 11.8. The van der Waals surface area contributed by atoms with Crippen molar-refractivity contribution in [3.8, 4) is 0 Å². The van der Waals surface area contributed by atoms with Crippen LogP contribution in [0.5, 0.6) is 0 Å². The van der Waals surface area contributed by atoms with Crippen LogP contribution in [0.15, 0.2) is 24.3 Å². The number of amides is 1. The van der Waals surface area contributed by atoms with E-state index in [-0.39, 0.29) is 11.8 Å². The van der Waals surface area contributed by atoms with Gasteiger partial charge in [0.2, 0.25) is 5.91 Å². The number of nitrogens with one attached hydrogen (secondary N) is 1. The molecule has 1 atom stereocenters. The molecule has 1 aromatic rings. The molecule has 16 heavy (non-hydrogen) atoms. The molecule has 0 radical (unpaired) electrons. The molecule has 0 saturated carbocycles. The summed E-state index contributed by atoms with van der Waals surface area (Å²) in [5.74, 6) is 0.0910. The van der Waals surface area contributed by atoms with E-state index in [4.69, 9.17) is 5.11 Å². The van der Waals surface area contributed by atoms with Crippen LogP contribution in [0.3, 0.4) is 0 Å². The second kappa shape index (κ2) is 4.66. The number of aliphatic hydroxyl groups excluding tert-OH is 1. The van der Waals surface area contributed by atoms with Gasteiger partial charge in [-0.1, -0.05) is 24.3 Å². The quantitative estimate of drug-likeness (QED) is 0.793. The smallest absolute Gasteiger partial charge is 0.223 e. The van der Waals surface area contributed by atoms with E-state index in [0.717, 1.165) is 12.8 Å². The minimum Gasteiger partial charge on any atom is -0.392 e. The van der Waals surface area contributed by atoms with Crippen LogP contribution in [0.2, 0.25) is 0 Å². The summed E-state index contributed by atoms with van der Waals surface area (Å²) < 4.78 is 0. The lowest BCUT2D eigenvalue weighted by atomic mass is 10.1. The van der Waals surface area contributed by atoms with Crippen LogP contribution in [-0.2, 0) is 17.6 Å². The second-order valence-corrected chi connectivity index (χ2v) is 4.47. The summed E-state index contributed by atoms with van der Waals surface area (Å²) in [5, 5.41) is 11.9. The molecule has 0 aromatic heterocycles. The van der Waals surface area contributed by atoms with Gasteiger partial charge in [-0.3, -0.25) is 4.79 Å². The number of rotatable bonds is 3. The highest BCUT2D eigenvalue weighted by Gasteiger charge is 2.26. The Hall–Kier alpha value is -1.35. The summed E-state index contributed by atoms with van der Waals surface area (Å²) in [6.45, 7) is 2.01. The zero-order valence-electron chi connectivity index (χ0n) is 9.44. The van der Waals surface area contributed by atoms with Gasteiger partial charge in [0.1, 0.15) is 0 Å². The molecule has 1 aliphatic rings. The summed E-state index contributed by atoms with van der Waals surface area (Å²) >= 11 is 0.